The number of hydrogen-bond donors (Lipinski definition) is 3. The van der Waals surface area contributed by atoms with Crippen LogP contribution in [-0.2, 0) is 6.67 Å². The minimum atomic E-state index is -0.911. The zero-order chi connectivity index (χ0) is 26.0. The first-order chi connectivity index (χ1) is 17.3. The normalized spacial score (nSPS) is 10.9. The molecule has 9 nitrogen and oxygen atoms in total. The third-order valence-electron chi connectivity index (χ3n) is 5.77. The van der Waals surface area contributed by atoms with Crippen LogP contribution in [0.1, 0.15) is 22.8 Å². The molecule has 1 amide bonds. The van der Waals surface area contributed by atoms with Crippen LogP contribution in [0.3, 0.4) is 0 Å². The smallest absolute Gasteiger partial charge is 0.277 e. The van der Waals surface area contributed by atoms with Crippen molar-refractivity contribution in [1.29, 1.82) is 0 Å². The highest BCUT2D eigenvalue weighted by molar-refractivity contribution is 6.04. The number of carbonyl (C=O) groups excluding carboxylic acids is 1. The molecule has 0 fully saturated rings. The lowest BCUT2D eigenvalue weighted by atomic mass is 9.97. The second kappa shape index (κ2) is 9.95. The standard InChI is InChI=1S/C26H24FN3O6/c1-4-29-25(32)16-7-5-6-15(10-16)22-23(31)24(36-26(22)28-2)20-12-17(35-3)11-19-18(20)8-14(13-27)9-21(19)30(33)34/h5-12,28,31H,4,13H2,1-3H3,(H,29,32). The molecule has 3 N–H and O–H groups in total. The summed E-state index contributed by atoms with van der Waals surface area (Å²) in [6.07, 6.45) is 0. The summed E-state index contributed by atoms with van der Waals surface area (Å²) in [4.78, 5) is 23.5. The topological polar surface area (TPSA) is 127 Å². The Morgan fingerprint density at radius 1 is 1.19 bits per heavy atom. The highest BCUT2D eigenvalue weighted by Crippen LogP contribution is 2.49. The minimum Gasteiger partial charge on any atom is -0.504 e. The number of nitro groups is 1. The molecule has 0 radical (unpaired) electrons. The van der Waals surface area contributed by atoms with Gasteiger partial charge in [-0.1, -0.05) is 12.1 Å². The lowest BCUT2D eigenvalue weighted by molar-refractivity contribution is -0.383. The Balaban J connectivity index is 2.00. The number of amides is 1. The molecule has 0 saturated carbocycles. The third-order valence-corrected chi connectivity index (χ3v) is 5.77. The van der Waals surface area contributed by atoms with Crippen molar-refractivity contribution < 1.29 is 28.4 Å². The number of fused-ring (bicyclic) bond motifs is 1. The molecule has 4 rings (SSSR count). The highest BCUT2D eigenvalue weighted by atomic mass is 19.1. The Labute approximate surface area is 205 Å². The van der Waals surface area contributed by atoms with Crippen molar-refractivity contribution in [3.05, 3.63) is 69.8 Å². The number of non-ortho nitro benzene ring substituents is 1. The van der Waals surface area contributed by atoms with Gasteiger partial charge in [0.25, 0.3) is 11.6 Å². The van der Waals surface area contributed by atoms with Crippen LogP contribution >= 0.6 is 0 Å². The summed E-state index contributed by atoms with van der Waals surface area (Å²) in [6.45, 7) is 1.36. The molecule has 4 aromatic rings. The van der Waals surface area contributed by atoms with Crippen LogP contribution in [0.2, 0.25) is 0 Å². The third kappa shape index (κ3) is 4.28. The van der Waals surface area contributed by atoms with E-state index in [-0.39, 0.29) is 51.3 Å². The number of carbonyl (C=O) groups is 1. The first-order valence-corrected chi connectivity index (χ1v) is 11.1. The van der Waals surface area contributed by atoms with Crippen molar-refractivity contribution in [2.45, 2.75) is 13.6 Å². The Morgan fingerprint density at radius 3 is 2.61 bits per heavy atom. The monoisotopic (exact) mass is 493 g/mol. The average molecular weight is 493 g/mol. The number of furan rings is 1. The molecule has 0 saturated heterocycles. The number of methoxy groups -OCH3 is 1. The fourth-order valence-corrected chi connectivity index (χ4v) is 4.14. The van der Waals surface area contributed by atoms with Crippen LogP contribution in [-0.4, -0.2) is 36.6 Å². The molecule has 1 heterocycles. The molecule has 3 aromatic carbocycles. The maximum absolute atomic E-state index is 13.6. The predicted octanol–water partition coefficient (Wildman–Crippen LogP) is 5.65. The lowest BCUT2D eigenvalue weighted by Crippen LogP contribution is -2.22. The van der Waals surface area contributed by atoms with Crippen molar-refractivity contribution >= 4 is 28.3 Å². The van der Waals surface area contributed by atoms with Gasteiger partial charge in [-0.3, -0.25) is 14.9 Å². The number of nitrogens with zero attached hydrogens (tertiary/aromatic N) is 1. The number of ether oxygens (including phenoxy) is 1. The zero-order valence-electron chi connectivity index (χ0n) is 19.8. The van der Waals surface area contributed by atoms with Crippen molar-refractivity contribution in [3.63, 3.8) is 0 Å². The summed E-state index contributed by atoms with van der Waals surface area (Å²) in [5.41, 5.74) is 1.30. The largest absolute Gasteiger partial charge is 0.504 e. The average Bonchev–Trinajstić information content (AvgIpc) is 3.23. The van der Waals surface area contributed by atoms with E-state index < -0.39 is 11.6 Å². The van der Waals surface area contributed by atoms with Gasteiger partial charge in [-0.2, -0.15) is 0 Å². The number of benzene rings is 3. The molecule has 0 spiro atoms. The number of rotatable bonds is 8. The van der Waals surface area contributed by atoms with E-state index in [1.165, 1.54) is 25.3 Å². The molecule has 0 bridgehead atoms. The Morgan fingerprint density at radius 2 is 1.97 bits per heavy atom. The van der Waals surface area contributed by atoms with Gasteiger partial charge in [0.05, 0.1) is 23.0 Å². The molecule has 0 aliphatic rings. The van der Waals surface area contributed by atoms with E-state index in [0.717, 1.165) is 0 Å². The highest BCUT2D eigenvalue weighted by Gasteiger charge is 2.26. The van der Waals surface area contributed by atoms with Gasteiger partial charge in [-0.25, -0.2) is 4.39 Å². The van der Waals surface area contributed by atoms with Crippen LogP contribution in [0.15, 0.2) is 52.9 Å². The van der Waals surface area contributed by atoms with Gasteiger partial charge >= 0.3 is 0 Å². The molecule has 0 aliphatic heterocycles. The SMILES string of the molecule is CCNC(=O)c1cccc(-c2c(NC)oc(-c3cc(OC)cc4c([N+](=O)[O-])cc(CF)cc34)c2O)c1. The first kappa shape index (κ1) is 24.5. The fraction of sp³-hybridized carbons (Fsp3) is 0.192. The van der Waals surface area contributed by atoms with E-state index in [4.69, 9.17) is 9.15 Å². The van der Waals surface area contributed by atoms with Crippen LogP contribution in [0.4, 0.5) is 16.0 Å². The summed E-state index contributed by atoms with van der Waals surface area (Å²) >= 11 is 0. The maximum atomic E-state index is 13.6. The molecule has 0 atom stereocenters. The van der Waals surface area contributed by atoms with Crippen molar-refractivity contribution in [2.75, 3.05) is 26.0 Å². The van der Waals surface area contributed by atoms with E-state index in [2.05, 4.69) is 10.6 Å². The summed E-state index contributed by atoms with van der Waals surface area (Å²) < 4.78 is 24.9. The molecule has 1 aromatic heterocycles. The number of alkyl halides is 1. The van der Waals surface area contributed by atoms with E-state index in [9.17, 15) is 24.4 Å². The van der Waals surface area contributed by atoms with Gasteiger partial charge in [-0.15, -0.1) is 0 Å². The Bertz CT molecular complexity index is 1480. The predicted molar refractivity (Wildman–Crippen MR) is 134 cm³/mol. The number of anilines is 1. The molecular formula is C26H24FN3O6. The Kier molecular flexibility index (Phi) is 6.77. The van der Waals surface area contributed by atoms with Gasteiger partial charge in [0.2, 0.25) is 5.88 Å². The molecule has 36 heavy (non-hydrogen) atoms. The number of nitrogens with one attached hydrogen (secondary N) is 2. The van der Waals surface area contributed by atoms with E-state index in [1.807, 2.05) is 6.92 Å². The minimum absolute atomic E-state index is 0.00645. The molecule has 186 valence electrons. The van der Waals surface area contributed by atoms with Crippen LogP contribution < -0.4 is 15.4 Å². The van der Waals surface area contributed by atoms with Crippen molar-refractivity contribution in [3.8, 4) is 33.9 Å². The fourth-order valence-electron chi connectivity index (χ4n) is 4.14. The second-order valence-electron chi connectivity index (χ2n) is 7.95. The van der Waals surface area contributed by atoms with Gasteiger partial charge in [0.1, 0.15) is 12.4 Å². The summed E-state index contributed by atoms with van der Waals surface area (Å²) in [6, 6.07) is 12.4. The van der Waals surface area contributed by atoms with Crippen LogP contribution in [0, 0.1) is 10.1 Å². The maximum Gasteiger partial charge on any atom is 0.277 e. The first-order valence-electron chi connectivity index (χ1n) is 11.1. The quantitative estimate of drug-likeness (QED) is 0.214. The molecule has 0 unspecified atom stereocenters. The van der Waals surface area contributed by atoms with Gasteiger partial charge in [0, 0.05) is 36.2 Å². The van der Waals surface area contributed by atoms with E-state index in [0.29, 0.717) is 28.6 Å². The van der Waals surface area contributed by atoms with Crippen LogP contribution in [0.25, 0.3) is 33.2 Å². The van der Waals surface area contributed by atoms with Gasteiger partial charge < -0.3 is 24.9 Å². The Hall–Kier alpha value is -4.60. The summed E-state index contributed by atoms with van der Waals surface area (Å²) in [5, 5.41) is 29.2. The molecular weight excluding hydrogens is 469 g/mol. The van der Waals surface area contributed by atoms with Crippen LogP contribution in [0.5, 0.6) is 11.5 Å². The number of halogens is 1. The zero-order valence-corrected chi connectivity index (χ0v) is 19.8. The molecule has 0 aliphatic carbocycles. The van der Waals surface area contributed by atoms with E-state index in [1.54, 1.807) is 37.4 Å². The molecule has 10 heteroatoms. The number of hydrogen-bond acceptors (Lipinski definition) is 7. The van der Waals surface area contributed by atoms with Crippen molar-refractivity contribution in [1.82, 2.24) is 5.32 Å². The van der Waals surface area contributed by atoms with Gasteiger partial charge in [-0.05, 0) is 48.4 Å². The lowest BCUT2D eigenvalue weighted by Gasteiger charge is -2.10. The summed E-state index contributed by atoms with van der Waals surface area (Å²) in [5.74, 6) is -0.0153. The van der Waals surface area contributed by atoms with E-state index >= 15 is 0 Å². The van der Waals surface area contributed by atoms with Crippen molar-refractivity contribution in [2.24, 2.45) is 0 Å². The summed E-state index contributed by atoms with van der Waals surface area (Å²) in [7, 11) is 3.01. The number of nitro benzene ring substituents is 1. The number of aromatic hydroxyl groups is 1. The second-order valence-corrected chi connectivity index (χ2v) is 7.95. The van der Waals surface area contributed by atoms with Gasteiger partial charge in [0.15, 0.2) is 11.5 Å².